The second-order valence-electron chi connectivity index (χ2n) is 7.30. The lowest BCUT2D eigenvalue weighted by atomic mass is 9.96. The number of amides is 1. The van der Waals surface area contributed by atoms with Gasteiger partial charge in [-0.25, -0.2) is 4.39 Å². The van der Waals surface area contributed by atoms with E-state index in [1.807, 2.05) is 12.1 Å². The third kappa shape index (κ3) is 6.04. The van der Waals surface area contributed by atoms with Crippen molar-refractivity contribution in [1.29, 1.82) is 0 Å². The molecule has 0 spiro atoms. The number of morpholine rings is 1. The maximum absolute atomic E-state index is 13.0. The average Bonchev–Trinajstić information content (AvgIpc) is 2.68. The highest BCUT2D eigenvalue weighted by molar-refractivity contribution is 5.78. The molecule has 0 radical (unpaired) electrons. The molecule has 1 aromatic rings. The summed E-state index contributed by atoms with van der Waals surface area (Å²) in [6.07, 6.45) is 2.97. The van der Waals surface area contributed by atoms with E-state index < -0.39 is 0 Å². The Morgan fingerprint density at radius 3 is 2.69 bits per heavy atom. The quantitative estimate of drug-likeness (QED) is 0.752. The number of rotatable bonds is 7. The molecule has 5 nitrogen and oxygen atoms in total. The summed E-state index contributed by atoms with van der Waals surface area (Å²) in [6, 6.07) is 6.64. The summed E-state index contributed by atoms with van der Waals surface area (Å²) < 4.78 is 18.4. The maximum atomic E-state index is 13.0. The van der Waals surface area contributed by atoms with Crippen LogP contribution >= 0.6 is 0 Å². The van der Waals surface area contributed by atoms with Crippen molar-refractivity contribution >= 4 is 5.91 Å². The Kier molecular flexibility index (Phi) is 7.41. The van der Waals surface area contributed by atoms with Gasteiger partial charge >= 0.3 is 0 Å². The number of piperidine rings is 1. The number of halogens is 1. The SMILES string of the molecule is O=C(NCCCN1CCOCC1)C1CCCN(Cc2ccc(F)cc2)C1. The van der Waals surface area contributed by atoms with Crippen molar-refractivity contribution in [3.63, 3.8) is 0 Å². The van der Waals surface area contributed by atoms with E-state index in [1.165, 1.54) is 12.1 Å². The van der Waals surface area contributed by atoms with Gasteiger partial charge < -0.3 is 10.1 Å². The van der Waals surface area contributed by atoms with E-state index in [0.29, 0.717) is 0 Å². The summed E-state index contributed by atoms with van der Waals surface area (Å²) >= 11 is 0. The van der Waals surface area contributed by atoms with Gasteiger partial charge in [-0.15, -0.1) is 0 Å². The second kappa shape index (κ2) is 10.00. The molecule has 0 aliphatic carbocycles. The highest BCUT2D eigenvalue weighted by Crippen LogP contribution is 2.19. The van der Waals surface area contributed by atoms with Crippen LogP contribution in [0.2, 0.25) is 0 Å². The molecular formula is C20H30FN3O2. The number of ether oxygens (including phenoxy) is 1. The van der Waals surface area contributed by atoms with E-state index in [-0.39, 0.29) is 17.6 Å². The fourth-order valence-electron chi connectivity index (χ4n) is 3.74. The predicted molar refractivity (Wildman–Crippen MR) is 99.3 cm³/mol. The summed E-state index contributed by atoms with van der Waals surface area (Å²) in [7, 11) is 0. The minimum Gasteiger partial charge on any atom is -0.379 e. The molecule has 2 aliphatic heterocycles. The molecule has 2 saturated heterocycles. The molecule has 1 N–H and O–H groups in total. The van der Waals surface area contributed by atoms with Crippen LogP contribution in [0.5, 0.6) is 0 Å². The number of hydrogen-bond donors (Lipinski definition) is 1. The minimum absolute atomic E-state index is 0.0626. The average molecular weight is 363 g/mol. The van der Waals surface area contributed by atoms with Crippen LogP contribution in [-0.2, 0) is 16.1 Å². The number of hydrogen-bond acceptors (Lipinski definition) is 4. The molecule has 0 saturated carbocycles. The fourth-order valence-corrected chi connectivity index (χ4v) is 3.74. The van der Waals surface area contributed by atoms with Crippen molar-refractivity contribution in [2.24, 2.45) is 5.92 Å². The number of nitrogens with zero attached hydrogens (tertiary/aromatic N) is 2. The van der Waals surface area contributed by atoms with Gasteiger partial charge in [0.25, 0.3) is 0 Å². The lowest BCUT2D eigenvalue weighted by Crippen LogP contribution is -2.43. The molecule has 1 unspecified atom stereocenters. The summed E-state index contributed by atoms with van der Waals surface area (Å²) in [4.78, 5) is 17.2. The van der Waals surface area contributed by atoms with Crippen LogP contribution in [-0.4, -0.2) is 68.2 Å². The number of benzene rings is 1. The molecule has 2 aliphatic rings. The Hall–Kier alpha value is -1.50. The van der Waals surface area contributed by atoms with Crippen LogP contribution in [0.3, 0.4) is 0 Å². The zero-order chi connectivity index (χ0) is 18.2. The monoisotopic (exact) mass is 363 g/mol. The number of likely N-dealkylation sites (tertiary alicyclic amines) is 1. The number of carbonyl (C=O) groups is 1. The lowest BCUT2D eigenvalue weighted by Gasteiger charge is -2.32. The van der Waals surface area contributed by atoms with Crippen LogP contribution in [0.1, 0.15) is 24.8 Å². The summed E-state index contributed by atoms with van der Waals surface area (Å²) in [6.45, 7) is 7.95. The van der Waals surface area contributed by atoms with Crippen molar-refractivity contribution in [1.82, 2.24) is 15.1 Å². The van der Waals surface area contributed by atoms with Crippen LogP contribution in [0.4, 0.5) is 4.39 Å². The smallest absolute Gasteiger partial charge is 0.224 e. The van der Waals surface area contributed by atoms with E-state index in [4.69, 9.17) is 4.74 Å². The maximum Gasteiger partial charge on any atom is 0.224 e. The van der Waals surface area contributed by atoms with Gasteiger partial charge in [0.1, 0.15) is 5.82 Å². The topological polar surface area (TPSA) is 44.8 Å². The Balaban J connectivity index is 1.36. The minimum atomic E-state index is -0.207. The van der Waals surface area contributed by atoms with Gasteiger partial charge in [-0.2, -0.15) is 0 Å². The van der Waals surface area contributed by atoms with Gasteiger partial charge in [0, 0.05) is 32.7 Å². The van der Waals surface area contributed by atoms with E-state index in [2.05, 4.69) is 15.1 Å². The molecule has 6 heteroatoms. The standard InChI is InChI=1S/C20H30FN3O2/c21-19-6-4-17(5-7-19)15-24-9-1-3-18(16-24)20(25)22-8-2-10-23-11-13-26-14-12-23/h4-7,18H,1-3,8-16H2,(H,22,25). The third-order valence-electron chi connectivity index (χ3n) is 5.25. The van der Waals surface area contributed by atoms with Crippen molar-refractivity contribution < 1.29 is 13.9 Å². The van der Waals surface area contributed by atoms with Gasteiger partial charge in [0.05, 0.1) is 19.1 Å². The van der Waals surface area contributed by atoms with E-state index >= 15 is 0 Å². The predicted octanol–water partition coefficient (Wildman–Crippen LogP) is 1.88. The number of carbonyl (C=O) groups excluding carboxylic acids is 1. The van der Waals surface area contributed by atoms with Crippen molar-refractivity contribution in [2.45, 2.75) is 25.8 Å². The molecule has 2 heterocycles. The molecule has 3 rings (SSSR count). The fraction of sp³-hybridized carbons (Fsp3) is 0.650. The summed E-state index contributed by atoms with van der Waals surface area (Å²) in [5, 5.41) is 3.11. The zero-order valence-corrected chi connectivity index (χ0v) is 15.5. The van der Waals surface area contributed by atoms with Crippen LogP contribution < -0.4 is 5.32 Å². The molecular weight excluding hydrogens is 333 g/mol. The molecule has 0 bridgehead atoms. The van der Waals surface area contributed by atoms with Crippen LogP contribution in [0.25, 0.3) is 0 Å². The first kappa shape index (κ1) is 19.3. The van der Waals surface area contributed by atoms with Crippen LogP contribution in [0, 0.1) is 11.7 Å². The normalized spacial score (nSPS) is 22.3. The largest absolute Gasteiger partial charge is 0.379 e. The highest BCUT2D eigenvalue weighted by Gasteiger charge is 2.25. The van der Waals surface area contributed by atoms with Crippen molar-refractivity contribution in [3.8, 4) is 0 Å². The molecule has 1 amide bonds. The van der Waals surface area contributed by atoms with E-state index in [0.717, 1.165) is 83.9 Å². The molecule has 1 atom stereocenters. The Morgan fingerprint density at radius 1 is 1.15 bits per heavy atom. The second-order valence-corrected chi connectivity index (χ2v) is 7.30. The first-order chi connectivity index (χ1) is 12.7. The van der Waals surface area contributed by atoms with Gasteiger partial charge in [0.2, 0.25) is 5.91 Å². The third-order valence-corrected chi connectivity index (χ3v) is 5.25. The molecule has 26 heavy (non-hydrogen) atoms. The summed E-state index contributed by atoms with van der Waals surface area (Å²) in [5.41, 5.74) is 1.10. The Labute approximate surface area is 155 Å². The van der Waals surface area contributed by atoms with Gasteiger partial charge in [-0.1, -0.05) is 12.1 Å². The Bertz CT molecular complexity index is 561. The summed E-state index contributed by atoms with van der Waals surface area (Å²) in [5.74, 6) is 0.0325. The first-order valence-electron chi connectivity index (χ1n) is 9.75. The molecule has 0 aromatic heterocycles. The molecule has 1 aromatic carbocycles. The highest BCUT2D eigenvalue weighted by atomic mass is 19.1. The van der Waals surface area contributed by atoms with Crippen LogP contribution in [0.15, 0.2) is 24.3 Å². The van der Waals surface area contributed by atoms with Gasteiger partial charge in [-0.05, 0) is 50.0 Å². The van der Waals surface area contributed by atoms with Crippen molar-refractivity contribution in [2.75, 3.05) is 52.5 Å². The lowest BCUT2D eigenvalue weighted by molar-refractivity contribution is -0.126. The number of nitrogens with one attached hydrogen (secondary N) is 1. The van der Waals surface area contributed by atoms with Crippen molar-refractivity contribution in [3.05, 3.63) is 35.6 Å². The van der Waals surface area contributed by atoms with Gasteiger partial charge in [-0.3, -0.25) is 14.6 Å². The van der Waals surface area contributed by atoms with Gasteiger partial charge in [0.15, 0.2) is 0 Å². The van der Waals surface area contributed by atoms with E-state index in [9.17, 15) is 9.18 Å². The zero-order valence-electron chi connectivity index (χ0n) is 15.5. The first-order valence-corrected chi connectivity index (χ1v) is 9.75. The molecule has 144 valence electrons. The molecule has 2 fully saturated rings. The Morgan fingerprint density at radius 2 is 1.92 bits per heavy atom. The van der Waals surface area contributed by atoms with E-state index in [1.54, 1.807) is 0 Å².